The van der Waals surface area contributed by atoms with Gasteiger partial charge < -0.3 is 5.11 Å². The molecule has 0 radical (unpaired) electrons. The molecule has 1 heterocycles. The highest BCUT2D eigenvalue weighted by atomic mass is 19.4. The number of carboxylic acid groups (broad SMARTS) is 1. The average molecular weight is 273 g/mol. The van der Waals surface area contributed by atoms with E-state index in [-0.39, 0.29) is 12.3 Å². The van der Waals surface area contributed by atoms with Crippen molar-refractivity contribution in [1.82, 2.24) is 4.90 Å². The molecule has 6 heteroatoms. The number of alkyl halides is 3. The highest BCUT2D eigenvalue weighted by Gasteiger charge is 2.31. The van der Waals surface area contributed by atoms with Crippen molar-refractivity contribution >= 4 is 5.97 Å². The topological polar surface area (TPSA) is 40.5 Å². The van der Waals surface area contributed by atoms with Crippen molar-refractivity contribution in [3.05, 3.63) is 35.4 Å². The Morgan fingerprint density at radius 1 is 1.26 bits per heavy atom. The minimum absolute atomic E-state index is 0.156. The van der Waals surface area contributed by atoms with Gasteiger partial charge in [0.2, 0.25) is 0 Å². The van der Waals surface area contributed by atoms with Gasteiger partial charge in [-0.3, -0.25) is 9.69 Å². The fourth-order valence-electron chi connectivity index (χ4n) is 2.24. The van der Waals surface area contributed by atoms with Crippen molar-refractivity contribution in [2.75, 3.05) is 13.1 Å². The molecule has 104 valence electrons. The molecular weight excluding hydrogens is 259 g/mol. The Balaban J connectivity index is 1.84. The monoisotopic (exact) mass is 273 g/mol. The maximum absolute atomic E-state index is 12.4. The van der Waals surface area contributed by atoms with Gasteiger partial charge in [0.05, 0.1) is 12.0 Å². The van der Waals surface area contributed by atoms with E-state index in [4.69, 9.17) is 5.11 Å². The summed E-state index contributed by atoms with van der Waals surface area (Å²) in [7, 11) is 0. The summed E-state index contributed by atoms with van der Waals surface area (Å²) in [5.41, 5.74) is 0.158. The number of hydrogen-bond acceptors (Lipinski definition) is 2. The number of likely N-dealkylation sites (tertiary alicyclic amines) is 1. The Labute approximate surface area is 108 Å². The van der Waals surface area contributed by atoms with E-state index in [1.165, 1.54) is 12.1 Å². The first-order valence-electron chi connectivity index (χ1n) is 5.95. The molecule has 0 atom stereocenters. The largest absolute Gasteiger partial charge is 0.481 e. The molecule has 1 aliphatic heterocycles. The summed E-state index contributed by atoms with van der Waals surface area (Å²) >= 11 is 0. The first-order valence-corrected chi connectivity index (χ1v) is 5.95. The van der Waals surface area contributed by atoms with Crippen LogP contribution in [0.2, 0.25) is 0 Å². The van der Waals surface area contributed by atoms with Gasteiger partial charge in [-0.05, 0) is 23.6 Å². The number of hydrogen-bond donors (Lipinski definition) is 1. The van der Waals surface area contributed by atoms with Crippen LogP contribution in [-0.4, -0.2) is 29.1 Å². The van der Waals surface area contributed by atoms with Gasteiger partial charge in [0.25, 0.3) is 0 Å². The van der Waals surface area contributed by atoms with Gasteiger partial charge in [0.1, 0.15) is 0 Å². The van der Waals surface area contributed by atoms with E-state index in [0.29, 0.717) is 19.6 Å². The fraction of sp³-hybridized carbons (Fsp3) is 0.462. The number of aliphatic carboxylic acids is 1. The minimum atomic E-state index is -4.30. The molecule has 0 bridgehead atoms. The number of carboxylic acids is 1. The van der Waals surface area contributed by atoms with Crippen LogP contribution in [-0.2, 0) is 17.5 Å². The molecule has 0 spiro atoms. The molecule has 2 rings (SSSR count). The van der Waals surface area contributed by atoms with Gasteiger partial charge in [-0.2, -0.15) is 13.2 Å². The molecule has 1 saturated heterocycles. The molecule has 1 aromatic rings. The number of carbonyl (C=O) groups is 1. The number of halogens is 3. The van der Waals surface area contributed by atoms with Crippen molar-refractivity contribution in [2.45, 2.75) is 19.1 Å². The highest BCUT2D eigenvalue weighted by Crippen LogP contribution is 2.29. The van der Waals surface area contributed by atoms with Crippen molar-refractivity contribution in [3.63, 3.8) is 0 Å². The van der Waals surface area contributed by atoms with E-state index in [9.17, 15) is 18.0 Å². The minimum Gasteiger partial charge on any atom is -0.481 e. The SMILES string of the molecule is O=C(O)CC1CN(Cc2ccc(C(F)(F)F)cc2)C1. The Bertz CT molecular complexity index is 450. The van der Waals surface area contributed by atoms with Crippen LogP contribution in [0.15, 0.2) is 24.3 Å². The molecule has 1 fully saturated rings. The second-order valence-electron chi connectivity index (χ2n) is 4.85. The Morgan fingerprint density at radius 2 is 1.84 bits per heavy atom. The molecule has 3 nitrogen and oxygen atoms in total. The first-order chi connectivity index (χ1) is 8.84. The molecule has 0 aromatic heterocycles. The third kappa shape index (κ3) is 3.70. The zero-order valence-corrected chi connectivity index (χ0v) is 10.2. The predicted molar refractivity (Wildman–Crippen MR) is 62.5 cm³/mol. The molecule has 1 aliphatic rings. The van der Waals surface area contributed by atoms with Crippen LogP contribution < -0.4 is 0 Å². The third-order valence-corrected chi connectivity index (χ3v) is 3.18. The second-order valence-corrected chi connectivity index (χ2v) is 4.85. The van der Waals surface area contributed by atoms with Gasteiger partial charge in [0, 0.05) is 19.6 Å². The summed E-state index contributed by atoms with van der Waals surface area (Å²) in [6.07, 6.45) is -4.15. The van der Waals surface area contributed by atoms with E-state index < -0.39 is 17.7 Å². The quantitative estimate of drug-likeness (QED) is 0.916. The normalized spacial score (nSPS) is 17.2. The molecular formula is C13H14F3NO2. The second kappa shape index (κ2) is 5.21. The lowest BCUT2D eigenvalue weighted by Crippen LogP contribution is -2.46. The van der Waals surface area contributed by atoms with Gasteiger partial charge in [-0.15, -0.1) is 0 Å². The average Bonchev–Trinajstić information content (AvgIpc) is 2.25. The molecule has 19 heavy (non-hydrogen) atoms. The van der Waals surface area contributed by atoms with Crippen LogP contribution in [0, 0.1) is 5.92 Å². The molecule has 1 N–H and O–H groups in total. The Morgan fingerprint density at radius 3 is 2.32 bits per heavy atom. The highest BCUT2D eigenvalue weighted by molar-refractivity contribution is 5.67. The molecule has 1 aromatic carbocycles. The van der Waals surface area contributed by atoms with Gasteiger partial charge >= 0.3 is 12.1 Å². The number of benzene rings is 1. The van der Waals surface area contributed by atoms with Crippen molar-refractivity contribution in [1.29, 1.82) is 0 Å². The lowest BCUT2D eigenvalue weighted by Gasteiger charge is -2.38. The van der Waals surface area contributed by atoms with E-state index in [2.05, 4.69) is 0 Å². The van der Waals surface area contributed by atoms with Crippen molar-refractivity contribution in [2.24, 2.45) is 5.92 Å². The Kier molecular flexibility index (Phi) is 3.80. The summed E-state index contributed by atoms with van der Waals surface area (Å²) in [4.78, 5) is 12.5. The van der Waals surface area contributed by atoms with Crippen molar-refractivity contribution in [3.8, 4) is 0 Å². The van der Waals surface area contributed by atoms with E-state index >= 15 is 0 Å². The lowest BCUT2D eigenvalue weighted by atomic mass is 9.95. The first kappa shape index (κ1) is 13.9. The summed E-state index contributed by atoms with van der Waals surface area (Å²) in [5, 5.41) is 8.61. The van der Waals surface area contributed by atoms with E-state index in [1.807, 2.05) is 4.90 Å². The van der Waals surface area contributed by atoms with Gasteiger partial charge in [-0.1, -0.05) is 12.1 Å². The zero-order chi connectivity index (χ0) is 14.0. The summed E-state index contributed by atoms with van der Waals surface area (Å²) in [6.45, 7) is 1.94. The van der Waals surface area contributed by atoms with E-state index in [1.54, 1.807) is 0 Å². The number of nitrogens with zero attached hydrogens (tertiary/aromatic N) is 1. The molecule has 0 amide bonds. The summed E-state index contributed by atoms with van der Waals surface area (Å²) in [6, 6.07) is 5.08. The van der Waals surface area contributed by atoms with Crippen LogP contribution in [0.5, 0.6) is 0 Å². The summed E-state index contributed by atoms with van der Waals surface area (Å²) < 4.78 is 37.1. The summed E-state index contributed by atoms with van der Waals surface area (Å²) in [5.74, 6) is -0.647. The third-order valence-electron chi connectivity index (χ3n) is 3.18. The zero-order valence-electron chi connectivity index (χ0n) is 10.2. The van der Waals surface area contributed by atoms with Crippen LogP contribution in [0.4, 0.5) is 13.2 Å². The predicted octanol–water partition coefficient (Wildman–Crippen LogP) is 2.61. The van der Waals surface area contributed by atoms with Gasteiger partial charge in [-0.25, -0.2) is 0 Å². The van der Waals surface area contributed by atoms with Crippen LogP contribution >= 0.6 is 0 Å². The van der Waals surface area contributed by atoms with Crippen LogP contribution in [0.3, 0.4) is 0 Å². The standard InChI is InChI=1S/C13H14F3NO2/c14-13(15,16)11-3-1-9(2-4-11)6-17-7-10(8-17)5-12(18)19/h1-4,10H,5-8H2,(H,18,19). The fourth-order valence-corrected chi connectivity index (χ4v) is 2.24. The molecule has 0 unspecified atom stereocenters. The smallest absolute Gasteiger partial charge is 0.416 e. The lowest BCUT2D eigenvalue weighted by molar-refractivity contribution is -0.139. The van der Waals surface area contributed by atoms with Crippen molar-refractivity contribution < 1.29 is 23.1 Å². The Hall–Kier alpha value is -1.56. The maximum Gasteiger partial charge on any atom is 0.416 e. The van der Waals surface area contributed by atoms with Crippen LogP contribution in [0.1, 0.15) is 17.5 Å². The number of rotatable bonds is 4. The van der Waals surface area contributed by atoms with Crippen LogP contribution in [0.25, 0.3) is 0 Å². The van der Waals surface area contributed by atoms with E-state index in [0.717, 1.165) is 17.7 Å². The molecule has 0 aliphatic carbocycles. The van der Waals surface area contributed by atoms with Gasteiger partial charge in [0.15, 0.2) is 0 Å². The molecule has 0 saturated carbocycles. The maximum atomic E-state index is 12.4.